The van der Waals surface area contributed by atoms with Crippen LogP contribution in [0.5, 0.6) is 0 Å². The number of nitrogens with zero attached hydrogens (tertiary/aromatic N) is 5. The molecule has 0 amide bonds. The first-order valence-corrected chi connectivity index (χ1v) is 20.0. The van der Waals surface area contributed by atoms with Crippen molar-refractivity contribution in [3.8, 4) is 11.6 Å². The van der Waals surface area contributed by atoms with Gasteiger partial charge in [-0.1, -0.05) is 74.0 Å². The van der Waals surface area contributed by atoms with Gasteiger partial charge in [-0.2, -0.15) is 5.10 Å². The number of carboxylic acid groups (broad SMARTS) is 1. The van der Waals surface area contributed by atoms with E-state index in [1.807, 2.05) is 10.7 Å². The molecular weight excluding hydrogens is 652 g/mol. The van der Waals surface area contributed by atoms with Crippen LogP contribution in [0.1, 0.15) is 114 Å². The van der Waals surface area contributed by atoms with Crippen LogP contribution < -0.4 is 5.73 Å². The largest absolute Gasteiger partial charge is 0.481 e. The maximum absolute atomic E-state index is 13.6. The Morgan fingerprint density at radius 1 is 1.06 bits per heavy atom. The van der Waals surface area contributed by atoms with Gasteiger partial charge in [0.2, 0.25) is 0 Å². The molecule has 2 aromatic rings. The van der Waals surface area contributed by atoms with Crippen molar-refractivity contribution in [2.75, 3.05) is 19.8 Å². The number of fused-ring (bicyclic) bond motifs is 3. The van der Waals surface area contributed by atoms with Crippen molar-refractivity contribution in [2.24, 2.45) is 68.3 Å². The van der Waals surface area contributed by atoms with Crippen molar-refractivity contribution in [1.82, 2.24) is 24.7 Å². The highest BCUT2D eigenvalue weighted by molar-refractivity contribution is 5.73. The summed E-state index contributed by atoms with van der Waals surface area (Å²) in [6.07, 6.45) is 12.8. The van der Waals surface area contributed by atoms with Gasteiger partial charge in [-0.3, -0.25) is 4.79 Å². The average Bonchev–Trinajstić information content (AvgIpc) is 3.58. The van der Waals surface area contributed by atoms with Gasteiger partial charge in [0, 0.05) is 23.3 Å². The Bertz CT molecular complexity index is 1690. The molecule has 286 valence electrons. The van der Waals surface area contributed by atoms with E-state index in [1.165, 1.54) is 5.57 Å². The molecule has 10 nitrogen and oxygen atoms in total. The molecule has 12 atom stereocenters. The average molecular weight is 717 g/mol. The number of carbonyl (C=O) groups is 1. The standard InChI is InChI=1S/C42H64N6O4/c1-25(2)27(5)38(7)16-17-39(8)28-12-13-31-37(6)20-30(48-35(46-24-47-48)34-44-18-11-19-45-34)33(52-22-41(10,43)26(3)4)42(31,23-51-21-37)29(28)14-15-40(39,9)32(38)36(49)50/h11,14,18-19,24-28,30-33H,12-13,15-17,20-23,43H2,1-10H3,(H,49,50)/t27-,28+,30-,31-,32-,33+,37-,38-,39-,40+,41+,42+/m1/s1. The maximum Gasteiger partial charge on any atom is 0.307 e. The lowest BCUT2D eigenvalue weighted by atomic mass is 9.34. The lowest BCUT2D eigenvalue weighted by molar-refractivity contribution is -0.254. The third-order valence-electron chi connectivity index (χ3n) is 16.6. The third kappa shape index (κ3) is 5.23. The fourth-order valence-electron chi connectivity index (χ4n) is 12.6. The lowest BCUT2D eigenvalue weighted by Gasteiger charge is -2.71. The number of hydrogen-bond acceptors (Lipinski definition) is 8. The highest BCUT2D eigenvalue weighted by atomic mass is 16.5. The molecule has 3 heterocycles. The summed E-state index contributed by atoms with van der Waals surface area (Å²) in [5.41, 5.74) is 6.36. The lowest BCUT2D eigenvalue weighted by Crippen LogP contribution is -2.70. The van der Waals surface area contributed by atoms with E-state index in [-0.39, 0.29) is 46.1 Å². The fourth-order valence-corrected chi connectivity index (χ4v) is 12.6. The normalized spacial score (nSPS) is 41.7. The number of rotatable bonds is 9. The summed E-state index contributed by atoms with van der Waals surface area (Å²) >= 11 is 0. The number of allylic oxidation sites excluding steroid dienone is 1. The number of aromatic nitrogens is 5. The van der Waals surface area contributed by atoms with Gasteiger partial charge in [0.1, 0.15) is 6.33 Å². The van der Waals surface area contributed by atoms with Crippen molar-refractivity contribution in [3.63, 3.8) is 0 Å². The molecule has 0 aromatic carbocycles. The molecule has 1 saturated heterocycles. The Hall–Kier alpha value is -2.69. The highest BCUT2D eigenvalue weighted by Crippen LogP contribution is 2.75. The molecule has 0 unspecified atom stereocenters. The van der Waals surface area contributed by atoms with Crippen LogP contribution in [0.15, 0.2) is 36.4 Å². The molecule has 3 N–H and O–H groups in total. The molecule has 2 aromatic heterocycles. The first kappa shape index (κ1) is 37.6. The summed E-state index contributed by atoms with van der Waals surface area (Å²) < 4.78 is 16.1. The third-order valence-corrected chi connectivity index (χ3v) is 16.6. The second-order valence-corrected chi connectivity index (χ2v) is 19.6. The molecule has 5 aliphatic rings. The molecular formula is C42H64N6O4. The summed E-state index contributed by atoms with van der Waals surface area (Å²) in [7, 11) is 0. The van der Waals surface area contributed by atoms with Gasteiger partial charge in [-0.15, -0.1) is 0 Å². The molecule has 4 fully saturated rings. The number of hydrogen-bond donors (Lipinski definition) is 2. The molecule has 1 aliphatic heterocycles. The highest BCUT2D eigenvalue weighted by Gasteiger charge is 2.72. The molecule has 10 heteroatoms. The van der Waals surface area contributed by atoms with Crippen LogP contribution >= 0.6 is 0 Å². The van der Waals surface area contributed by atoms with Crippen LogP contribution in [0.25, 0.3) is 11.6 Å². The van der Waals surface area contributed by atoms with E-state index in [4.69, 9.17) is 25.3 Å². The second-order valence-electron chi connectivity index (χ2n) is 19.6. The zero-order chi connectivity index (χ0) is 37.6. The van der Waals surface area contributed by atoms with Crippen LogP contribution in [-0.2, 0) is 14.3 Å². The van der Waals surface area contributed by atoms with E-state index >= 15 is 0 Å². The summed E-state index contributed by atoms with van der Waals surface area (Å²) in [4.78, 5) is 27.5. The van der Waals surface area contributed by atoms with Gasteiger partial charge in [0.25, 0.3) is 0 Å². The Labute approximate surface area is 311 Å². The van der Waals surface area contributed by atoms with Crippen molar-refractivity contribution in [2.45, 2.75) is 125 Å². The number of aliphatic carboxylic acids is 1. The van der Waals surface area contributed by atoms with Crippen LogP contribution in [0.4, 0.5) is 0 Å². The molecule has 4 aliphatic carbocycles. The van der Waals surface area contributed by atoms with E-state index in [1.54, 1.807) is 18.7 Å². The van der Waals surface area contributed by atoms with Gasteiger partial charge < -0.3 is 20.3 Å². The number of ether oxygens (including phenoxy) is 2. The van der Waals surface area contributed by atoms with Gasteiger partial charge in [-0.25, -0.2) is 19.6 Å². The number of nitrogens with two attached hydrogens (primary N) is 1. The van der Waals surface area contributed by atoms with Crippen molar-refractivity contribution in [1.29, 1.82) is 0 Å². The minimum atomic E-state index is -0.641. The van der Waals surface area contributed by atoms with Gasteiger partial charge in [-0.05, 0) is 103 Å². The van der Waals surface area contributed by atoms with E-state index in [9.17, 15) is 9.90 Å². The quantitative estimate of drug-likeness (QED) is 0.251. The predicted octanol–water partition coefficient (Wildman–Crippen LogP) is 7.62. The summed E-state index contributed by atoms with van der Waals surface area (Å²) in [6.45, 7) is 24.2. The maximum atomic E-state index is 13.6. The van der Waals surface area contributed by atoms with Gasteiger partial charge in [0.15, 0.2) is 11.6 Å². The van der Waals surface area contributed by atoms with Crippen molar-refractivity contribution in [3.05, 3.63) is 36.4 Å². The molecule has 0 spiro atoms. The molecule has 7 rings (SSSR count). The molecule has 52 heavy (non-hydrogen) atoms. The molecule has 0 radical (unpaired) electrons. The summed E-state index contributed by atoms with van der Waals surface area (Å²) in [5, 5.41) is 16.1. The van der Waals surface area contributed by atoms with Crippen LogP contribution in [0, 0.1) is 62.6 Å². The summed E-state index contributed by atoms with van der Waals surface area (Å²) in [5.74, 6) is 1.53. The van der Waals surface area contributed by atoms with Crippen molar-refractivity contribution < 1.29 is 19.4 Å². The van der Waals surface area contributed by atoms with Crippen LogP contribution in [-0.4, -0.2) is 67.3 Å². The zero-order valence-electron chi connectivity index (χ0n) is 33.4. The van der Waals surface area contributed by atoms with Crippen LogP contribution in [0.2, 0.25) is 0 Å². The Kier molecular flexibility index (Phi) is 9.18. The minimum absolute atomic E-state index is 0.136. The Balaban J connectivity index is 1.40. The van der Waals surface area contributed by atoms with Gasteiger partial charge >= 0.3 is 5.97 Å². The van der Waals surface area contributed by atoms with E-state index < -0.39 is 28.3 Å². The zero-order valence-corrected chi connectivity index (χ0v) is 33.4. The summed E-state index contributed by atoms with van der Waals surface area (Å²) in [6, 6.07) is 1.65. The SMILES string of the molecule is CC(C)[C@@H](C)[C@@]1(C)CC[C@]2(C)[C@H]3CC[C@@H]4[C@@]5(C)COC[C@@]4(C3=CC[C@@]2(C)[C@@H]1C(=O)O)[C@@H](OC[C@](C)(N)C(C)C)[C@H](n1ncnc1-c1ncccn1)C5. The number of carboxylic acids is 1. The second kappa shape index (κ2) is 12.7. The monoisotopic (exact) mass is 716 g/mol. The Morgan fingerprint density at radius 3 is 2.42 bits per heavy atom. The Morgan fingerprint density at radius 2 is 1.77 bits per heavy atom. The first-order valence-electron chi connectivity index (χ1n) is 20.0. The van der Waals surface area contributed by atoms with Crippen molar-refractivity contribution >= 4 is 5.97 Å². The predicted molar refractivity (Wildman–Crippen MR) is 201 cm³/mol. The molecule has 2 bridgehead atoms. The van der Waals surface area contributed by atoms with Crippen LogP contribution in [0.3, 0.4) is 0 Å². The fraction of sp³-hybridized carbons (Fsp3) is 0.786. The van der Waals surface area contributed by atoms with Gasteiger partial charge in [0.05, 0.1) is 37.9 Å². The minimum Gasteiger partial charge on any atom is -0.481 e. The smallest absolute Gasteiger partial charge is 0.307 e. The van der Waals surface area contributed by atoms with E-state index in [2.05, 4.69) is 85.3 Å². The van der Waals surface area contributed by atoms with E-state index in [0.717, 1.165) is 38.5 Å². The topological polar surface area (TPSA) is 138 Å². The molecule has 3 saturated carbocycles. The van der Waals surface area contributed by atoms with E-state index in [0.29, 0.717) is 43.3 Å². The first-order chi connectivity index (χ1) is 24.4.